The molecule has 0 spiro atoms. The van der Waals surface area contributed by atoms with Gasteiger partial charge >= 0.3 is 0 Å². The number of methoxy groups -OCH3 is 1. The summed E-state index contributed by atoms with van der Waals surface area (Å²) in [6, 6.07) is 27.8. The summed E-state index contributed by atoms with van der Waals surface area (Å²) in [5, 5.41) is 2.44. The van der Waals surface area contributed by atoms with Crippen molar-refractivity contribution in [1.82, 2.24) is 19.1 Å². The lowest BCUT2D eigenvalue weighted by atomic mass is 9.99. The zero-order valence-corrected chi connectivity index (χ0v) is 18.2. The third-order valence-electron chi connectivity index (χ3n) is 6.08. The van der Waals surface area contributed by atoms with Crippen LogP contribution in [0.1, 0.15) is 5.56 Å². The van der Waals surface area contributed by atoms with Gasteiger partial charge in [-0.1, -0.05) is 42.5 Å². The summed E-state index contributed by atoms with van der Waals surface area (Å²) in [6.07, 6.45) is 7.37. The minimum absolute atomic E-state index is 0.797. The minimum Gasteiger partial charge on any atom is -0.495 e. The normalized spacial score (nSPS) is 11.3. The molecule has 0 bridgehead atoms. The molecule has 5 nitrogen and oxygen atoms in total. The van der Waals surface area contributed by atoms with E-state index >= 15 is 0 Å². The lowest BCUT2D eigenvalue weighted by molar-refractivity contribution is 0.413. The van der Waals surface area contributed by atoms with Gasteiger partial charge in [0.15, 0.2) is 0 Å². The van der Waals surface area contributed by atoms with Gasteiger partial charge in [-0.05, 0) is 63.9 Å². The van der Waals surface area contributed by atoms with Gasteiger partial charge < -0.3 is 13.9 Å². The second kappa shape index (κ2) is 7.95. The fourth-order valence-electron chi connectivity index (χ4n) is 4.38. The molecular formula is C28H22N4O. The molecule has 6 rings (SSSR count). The molecule has 0 saturated heterocycles. The zero-order chi connectivity index (χ0) is 22.2. The first-order valence-corrected chi connectivity index (χ1v) is 10.9. The molecule has 0 saturated carbocycles. The van der Waals surface area contributed by atoms with Gasteiger partial charge in [0, 0.05) is 18.9 Å². The first kappa shape index (κ1) is 19.3. The van der Waals surface area contributed by atoms with Crippen LogP contribution in [-0.2, 0) is 6.54 Å². The fourth-order valence-corrected chi connectivity index (χ4v) is 4.38. The van der Waals surface area contributed by atoms with Crippen molar-refractivity contribution < 1.29 is 4.74 Å². The van der Waals surface area contributed by atoms with Crippen molar-refractivity contribution >= 4 is 21.8 Å². The van der Waals surface area contributed by atoms with Crippen LogP contribution in [0.3, 0.4) is 0 Å². The molecule has 2 heterocycles. The number of hydrogen-bond donors (Lipinski definition) is 0. The van der Waals surface area contributed by atoms with Gasteiger partial charge in [-0.3, -0.25) is 0 Å². The first-order valence-electron chi connectivity index (χ1n) is 10.9. The molecule has 0 amide bonds. The van der Waals surface area contributed by atoms with Gasteiger partial charge in [-0.15, -0.1) is 0 Å². The Balaban J connectivity index is 1.32. The lowest BCUT2D eigenvalue weighted by Crippen LogP contribution is -1.97. The molecule has 0 aliphatic heterocycles. The van der Waals surface area contributed by atoms with E-state index < -0.39 is 0 Å². The van der Waals surface area contributed by atoms with Crippen LogP contribution in [0.5, 0.6) is 5.75 Å². The number of rotatable bonds is 5. The second-order valence-electron chi connectivity index (χ2n) is 8.11. The van der Waals surface area contributed by atoms with Crippen molar-refractivity contribution in [1.29, 1.82) is 0 Å². The standard InChI is InChI=1S/C28H22N4O/c1-33-28-16-24(10-11-27(28)31-13-12-29-18-31)23-9-8-21-14-20(6-7-22(21)15-23)17-32-19-30-25-4-2-3-5-26(25)32/h2-16,18-19H,17H2,1H3. The Kier molecular flexibility index (Phi) is 4.65. The Bertz CT molecular complexity index is 1580. The molecule has 0 atom stereocenters. The molecule has 33 heavy (non-hydrogen) atoms. The molecule has 0 unspecified atom stereocenters. The number of imidazole rings is 2. The predicted octanol–water partition coefficient (Wildman–Crippen LogP) is 6.10. The molecule has 0 N–H and O–H groups in total. The van der Waals surface area contributed by atoms with Crippen LogP contribution >= 0.6 is 0 Å². The molecule has 0 radical (unpaired) electrons. The molecule has 5 heteroatoms. The van der Waals surface area contributed by atoms with E-state index in [1.165, 1.54) is 16.3 Å². The van der Waals surface area contributed by atoms with Crippen LogP contribution in [0, 0.1) is 0 Å². The number of fused-ring (bicyclic) bond motifs is 2. The van der Waals surface area contributed by atoms with Crippen molar-refractivity contribution in [3.05, 3.63) is 109 Å². The van der Waals surface area contributed by atoms with E-state index in [-0.39, 0.29) is 0 Å². The SMILES string of the molecule is COc1cc(-c2ccc3cc(Cn4cnc5ccccc54)ccc3c2)ccc1-n1ccnc1. The molecule has 2 aromatic heterocycles. The number of benzene rings is 4. The van der Waals surface area contributed by atoms with E-state index in [0.717, 1.165) is 40.1 Å². The highest BCUT2D eigenvalue weighted by molar-refractivity contribution is 5.88. The van der Waals surface area contributed by atoms with Crippen molar-refractivity contribution in [2.45, 2.75) is 6.54 Å². The number of para-hydroxylation sites is 2. The lowest BCUT2D eigenvalue weighted by Gasteiger charge is -2.12. The molecule has 4 aromatic carbocycles. The molecule has 6 aromatic rings. The summed E-state index contributed by atoms with van der Waals surface area (Å²) in [7, 11) is 1.70. The number of ether oxygens (including phenoxy) is 1. The quantitative estimate of drug-likeness (QED) is 0.332. The Morgan fingerprint density at radius 3 is 2.52 bits per heavy atom. The van der Waals surface area contributed by atoms with E-state index in [2.05, 4.69) is 81.3 Å². The van der Waals surface area contributed by atoms with Crippen molar-refractivity contribution in [3.63, 3.8) is 0 Å². The fraction of sp³-hybridized carbons (Fsp3) is 0.0714. The highest BCUT2D eigenvalue weighted by Gasteiger charge is 2.09. The summed E-state index contributed by atoms with van der Waals surface area (Å²) >= 11 is 0. The smallest absolute Gasteiger partial charge is 0.143 e. The summed E-state index contributed by atoms with van der Waals surface area (Å²) in [4.78, 5) is 8.64. The highest BCUT2D eigenvalue weighted by Crippen LogP contribution is 2.31. The average Bonchev–Trinajstić information content (AvgIpc) is 3.54. The van der Waals surface area contributed by atoms with E-state index in [4.69, 9.17) is 4.74 Å². The monoisotopic (exact) mass is 430 g/mol. The molecule has 0 aliphatic carbocycles. The number of nitrogens with zero attached hydrogens (tertiary/aromatic N) is 4. The van der Waals surface area contributed by atoms with Gasteiger partial charge in [0.2, 0.25) is 0 Å². The zero-order valence-electron chi connectivity index (χ0n) is 18.2. The minimum atomic E-state index is 0.797. The summed E-state index contributed by atoms with van der Waals surface area (Å²) in [5.74, 6) is 0.813. The maximum absolute atomic E-state index is 5.66. The van der Waals surface area contributed by atoms with Crippen LogP contribution in [0.15, 0.2) is 104 Å². The number of hydrogen-bond acceptors (Lipinski definition) is 3. The maximum Gasteiger partial charge on any atom is 0.143 e. The van der Waals surface area contributed by atoms with E-state index in [1.54, 1.807) is 19.6 Å². The second-order valence-corrected chi connectivity index (χ2v) is 8.11. The van der Waals surface area contributed by atoms with Crippen LogP contribution in [0.25, 0.3) is 38.6 Å². The molecule has 0 aliphatic rings. The topological polar surface area (TPSA) is 44.9 Å². The van der Waals surface area contributed by atoms with Crippen LogP contribution in [-0.4, -0.2) is 26.2 Å². The average molecular weight is 431 g/mol. The first-order chi connectivity index (χ1) is 16.3. The highest BCUT2D eigenvalue weighted by atomic mass is 16.5. The summed E-state index contributed by atoms with van der Waals surface area (Å²) in [5.41, 5.74) is 6.68. The van der Waals surface area contributed by atoms with Crippen molar-refractivity contribution in [3.8, 4) is 22.6 Å². The third kappa shape index (κ3) is 3.53. The largest absolute Gasteiger partial charge is 0.495 e. The van der Waals surface area contributed by atoms with Gasteiger partial charge in [0.25, 0.3) is 0 Å². The Morgan fingerprint density at radius 2 is 1.64 bits per heavy atom. The van der Waals surface area contributed by atoms with E-state index in [1.807, 2.05) is 29.2 Å². The van der Waals surface area contributed by atoms with Gasteiger partial charge in [0.05, 0.1) is 36.5 Å². The molecule has 0 fully saturated rings. The Morgan fingerprint density at radius 1 is 0.818 bits per heavy atom. The maximum atomic E-state index is 5.66. The van der Waals surface area contributed by atoms with Gasteiger partial charge in [0.1, 0.15) is 5.75 Å². The van der Waals surface area contributed by atoms with Crippen LogP contribution in [0.2, 0.25) is 0 Å². The van der Waals surface area contributed by atoms with E-state index in [0.29, 0.717) is 0 Å². The summed E-state index contributed by atoms with van der Waals surface area (Å²) < 4.78 is 9.80. The van der Waals surface area contributed by atoms with Crippen LogP contribution in [0.4, 0.5) is 0 Å². The Hall–Kier alpha value is -4.38. The van der Waals surface area contributed by atoms with Crippen molar-refractivity contribution in [2.24, 2.45) is 0 Å². The third-order valence-corrected chi connectivity index (χ3v) is 6.08. The molecule has 160 valence electrons. The summed E-state index contributed by atoms with van der Waals surface area (Å²) in [6.45, 7) is 0.797. The molecular weight excluding hydrogens is 408 g/mol. The van der Waals surface area contributed by atoms with Crippen LogP contribution < -0.4 is 4.74 Å². The predicted molar refractivity (Wildman–Crippen MR) is 132 cm³/mol. The van der Waals surface area contributed by atoms with Crippen molar-refractivity contribution in [2.75, 3.05) is 7.11 Å². The van der Waals surface area contributed by atoms with Gasteiger partial charge in [-0.25, -0.2) is 9.97 Å². The Labute approximate surface area is 191 Å². The number of aromatic nitrogens is 4. The van der Waals surface area contributed by atoms with Gasteiger partial charge in [-0.2, -0.15) is 0 Å². The van der Waals surface area contributed by atoms with E-state index in [9.17, 15) is 0 Å².